The molecule has 0 spiro atoms. The lowest BCUT2D eigenvalue weighted by Gasteiger charge is -2.28. The topological polar surface area (TPSA) is 83.6 Å². The van der Waals surface area contributed by atoms with Gasteiger partial charge in [-0.1, -0.05) is 6.92 Å². The summed E-state index contributed by atoms with van der Waals surface area (Å²) in [5, 5.41) is 14.7. The molecule has 7 heteroatoms. The maximum atomic E-state index is 12.1. The van der Waals surface area contributed by atoms with Crippen LogP contribution in [0.3, 0.4) is 0 Å². The van der Waals surface area contributed by atoms with Crippen molar-refractivity contribution in [2.24, 2.45) is 5.41 Å². The number of esters is 1. The molecule has 0 bridgehead atoms. The number of fused-ring (bicyclic) bond motifs is 1. The summed E-state index contributed by atoms with van der Waals surface area (Å²) in [6, 6.07) is 5.74. The van der Waals surface area contributed by atoms with Gasteiger partial charge in [-0.05, 0) is 64.1 Å². The van der Waals surface area contributed by atoms with Crippen molar-refractivity contribution in [2.45, 2.75) is 58.6 Å². The number of nitrogens with one attached hydrogen (secondary N) is 2. The van der Waals surface area contributed by atoms with Crippen molar-refractivity contribution < 1.29 is 19.4 Å². The van der Waals surface area contributed by atoms with Gasteiger partial charge in [0.15, 0.2) is 0 Å². The Morgan fingerprint density at radius 3 is 2.66 bits per heavy atom. The Kier molecular flexibility index (Phi) is 8.02. The standard InChI is InChI=1S/C22H34N2O4S/c1-7-22(5,29-6)24-12-16(25)14-27-19-11-15(10-18-17(19)8-9-23-18)13-28-20(26)21(2,3)4/h8-11,16,23-25H,7,12-14H2,1-6H3. The van der Waals surface area contributed by atoms with Crippen LogP contribution in [0.5, 0.6) is 5.75 Å². The van der Waals surface area contributed by atoms with Gasteiger partial charge in [0, 0.05) is 23.6 Å². The van der Waals surface area contributed by atoms with E-state index in [1.807, 2.05) is 45.2 Å². The number of carbonyl (C=O) groups is 1. The van der Waals surface area contributed by atoms with E-state index in [4.69, 9.17) is 9.47 Å². The molecule has 2 rings (SSSR count). The number of ether oxygens (including phenoxy) is 2. The molecule has 2 aromatic rings. The fourth-order valence-corrected chi connectivity index (χ4v) is 3.19. The minimum Gasteiger partial charge on any atom is -0.490 e. The van der Waals surface area contributed by atoms with Gasteiger partial charge in [-0.2, -0.15) is 0 Å². The van der Waals surface area contributed by atoms with Gasteiger partial charge in [0.05, 0.1) is 10.3 Å². The third-order valence-electron chi connectivity index (χ3n) is 4.94. The molecule has 0 radical (unpaired) electrons. The number of rotatable bonds is 10. The first kappa shape index (κ1) is 23.6. The zero-order valence-electron chi connectivity index (χ0n) is 18.3. The number of aromatic nitrogens is 1. The van der Waals surface area contributed by atoms with Crippen LogP contribution in [0.1, 0.15) is 46.6 Å². The number of H-pyrrole nitrogens is 1. The first-order chi connectivity index (χ1) is 13.6. The minimum absolute atomic E-state index is 0.0638. The molecule has 0 saturated heterocycles. The van der Waals surface area contributed by atoms with Gasteiger partial charge in [0.25, 0.3) is 0 Å². The van der Waals surface area contributed by atoms with Crippen LogP contribution in [0.4, 0.5) is 0 Å². The van der Waals surface area contributed by atoms with E-state index in [2.05, 4.69) is 30.4 Å². The Morgan fingerprint density at radius 1 is 1.31 bits per heavy atom. The zero-order chi connectivity index (χ0) is 21.7. The Bertz CT molecular complexity index is 809. The fraction of sp³-hybridized carbons (Fsp3) is 0.591. The van der Waals surface area contributed by atoms with Gasteiger partial charge < -0.3 is 24.9 Å². The molecule has 2 atom stereocenters. The number of thioether (sulfide) groups is 1. The lowest BCUT2D eigenvalue weighted by Crippen LogP contribution is -2.44. The summed E-state index contributed by atoms with van der Waals surface area (Å²) in [5.74, 6) is 0.411. The molecular weight excluding hydrogens is 388 g/mol. The van der Waals surface area contributed by atoms with Crippen LogP contribution in [0.25, 0.3) is 10.9 Å². The Labute approximate surface area is 177 Å². The van der Waals surface area contributed by atoms with Crippen molar-refractivity contribution in [2.75, 3.05) is 19.4 Å². The molecule has 0 saturated carbocycles. The summed E-state index contributed by atoms with van der Waals surface area (Å²) >= 11 is 1.73. The van der Waals surface area contributed by atoms with Crippen LogP contribution in [0.2, 0.25) is 0 Å². The summed E-state index contributed by atoms with van der Waals surface area (Å²) in [5.41, 5.74) is 1.19. The molecule has 1 heterocycles. The van der Waals surface area contributed by atoms with Crippen molar-refractivity contribution in [3.8, 4) is 5.75 Å². The maximum Gasteiger partial charge on any atom is 0.311 e. The van der Waals surface area contributed by atoms with E-state index < -0.39 is 11.5 Å². The second kappa shape index (κ2) is 9.87. The first-order valence-corrected chi connectivity index (χ1v) is 11.2. The molecule has 1 aromatic heterocycles. The third-order valence-corrected chi connectivity index (χ3v) is 6.28. The summed E-state index contributed by atoms with van der Waals surface area (Å²) < 4.78 is 11.4. The lowest BCUT2D eigenvalue weighted by molar-refractivity contribution is -0.154. The molecule has 0 fully saturated rings. The summed E-state index contributed by atoms with van der Waals surface area (Å²) in [6.07, 6.45) is 4.22. The van der Waals surface area contributed by atoms with Crippen LogP contribution in [-0.2, 0) is 16.1 Å². The van der Waals surface area contributed by atoms with Gasteiger partial charge >= 0.3 is 5.97 Å². The highest BCUT2D eigenvalue weighted by Crippen LogP contribution is 2.28. The predicted molar refractivity (Wildman–Crippen MR) is 119 cm³/mol. The van der Waals surface area contributed by atoms with Gasteiger partial charge in [0.2, 0.25) is 0 Å². The predicted octanol–water partition coefficient (Wildman–Crippen LogP) is 4.08. The van der Waals surface area contributed by atoms with E-state index in [1.54, 1.807) is 11.8 Å². The molecule has 29 heavy (non-hydrogen) atoms. The zero-order valence-corrected chi connectivity index (χ0v) is 19.1. The van der Waals surface area contributed by atoms with Crippen molar-refractivity contribution in [1.29, 1.82) is 0 Å². The smallest absolute Gasteiger partial charge is 0.311 e. The van der Waals surface area contributed by atoms with Gasteiger partial charge in [0.1, 0.15) is 25.1 Å². The number of aromatic amines is 1. The van der Waals surface area contributed by atoms with E-state index in [0.717, 1.165) is 22.9 Å². The van der Waals surface area contributed by atoms with Crippen LogP contribution in [-0.4, -0.2) is 46.4 Å². The summed E-state index contributed by atoms with van der Waals surface area (Å²) in [4.78, 5) is 15.2. The van der Waals surface area contributed by atoms with E-state index in [0.29, 0.717) is 12.3 Å². The molecule has 2 unspecified atom stereocenters. The molecule has 162 valence electrons. The molecule has 0 aliphatic rings. The number of aliphatic hydroxyl groups excluding tert-OH is 1. The average Bonchev–Trinajstić information content (AvgIpc) is 3.16. The van der Waals surface area contributed by atoms with Crippen molar-refractivity contribution in [1.82, 2.24) is 10.3 Å². The van der Waals surface area contributed by atoms with E-state index >= 15 is 0 Å². The van der Waals surface area contributed by atoms with Crippen molar-refractivity contribution in [3.05, 3.63) is 30.0 Å². The Balaban J connectivity index is 2.02. The van der Waals surface area contributed by atoms with E-state index in [1.165, 1.54) is 0 Å². The average molecular weight is 423 g/mol. The van der Waals surface area contributed by atoms with Gasteiger partial charge in [-0.15, -0.1) is 11.8 Å². The second-order valence-corrected chi connectivity index (χ2v) is 9.80. The van der Waals surface area contributed by atoms with Crippen LogP contribution in [0, 0.1) is 5.41 Å². The van der Waals surface area contributed by atoms with E-state index in [9.17, 15) is 9.90 Å². The third kappa shape index (κ3) is 6.66. The van der Waals surface area contributed by atoms with Gasteiger partial charge in [-0.25, -0.2) is 0 Å². The largest absolute Gasteiger partial charge is 0.490 e. The number of aliphatic hydroxyl groups is 1. The molecule has 0 aliphatic carbocycles. The van der Waals surface area contributed by atoms with Crippen molar-refractivity contribution in [3.63, 3.8) is 0 Å². The number of hydrogen-bond donors (Lipinski definition) is 3. The summed E-state index contributed by atoms with van der Waals surface area (Å²) in [7, 11) is 0. The quantitative estimate of drug-likeness (QED) is 0.395. The normalized spacial score (nSPS) is 15.1. The monoisotopic (exact) mass is 422 g/mol. The number of hydrogen-bond acceptors (Lipinski definition) is 6. The Morgan fingerprint density at radius 2 is 2.03 bits per heavy atom. The van der Waals surface area contributed by atoms with Gasteiger partial charge in [-0.3, -0.25) is 4.79 Å². The molecule has 1 aromatic carbocycles. The lowest BCUT2D eigenvalue weighted by atomic mass is 9.97. The van der Waals surface area contributed by atoms with E-state index in [-0.39, 0.29) is 24.1 Å². The van der Waals surface area contributed by atoms with Crippen molar-refractivity contribution >= 4 is 28.6 Å². The number of benzene rings is 1. The first-order valence-electron chi connectivity index (χ1n) is 9.96. The highest BCUT2D eigenvalue weighted by atomic mass is 32.2. The SMILES string of the molecule is CCC(C)(NCC(O)COc1cc(COC(=O)C(C)(C)C)cc2[nH]ccc12)SC. The minimum atomic E-state index is -0.635. The van der Waals surface area contributed by atoms with Crippen LogP contribution >= 0.6 is 11.8 Å². The molecule has 6 nitrogen and oxygen atoms in total. The fourth-order valence-electron chi connectivity index (χ4n) is 2.68. The molecular formula is C22H34N2O4S. The maximum absolute atomic E-state index is 12.1. The van der Waals surface area contributed by atoms with Crippen LogP contribution < -0.4 is 10.1 Å². The highest BCUT2D eigenvalue weighted by molar-refractivity contribution is 7.99. The molecule has 0 amide bonds. The van der Waals surface area contributed by atoms with Crippen LogP contribution in [0.15, 0.2) is 24.4 Å². The summed E-state index contributed by atoms with van der Waals surface area (Å²) in [6.45, 7) is 10.5. The molecule has 0 aliphatic heterocycles. The highest BCUT2D eigenvalue weighted by Gasteiger charge is 2.23. The second-order valence-electron chi connectivity index (χ2n) is 8.49. The molecule has 3 N–H and O–H groups in total. The number of carbonyl (C=O) groups excluding carboxylic acids is 1. The Hall–Kier alpha value is -1.70.